The Balaban J connectivity index is 2.18. The van der Waals surface area contributed by atoms with Crippen LogP contribution in [0.4, 0.5) is 5.69 Å². The van der Waals surface area contributed by atoms with E-state index in [1.165, 1.54) is 5.56 Å². The first kappa shape index (κ1) is 15.7. The summed E-state index contributed by atoms with van der Waals surface area (Å²) in [4.78, 5) is 17.4. The minimum Gasteiger partial charge on any atom is -0.398 e. The van der Waals surface area contributed by atoms with E-state index in [-0.39, 0.29) is 17.1 Å². The summed E-state index contributed by atoms with van der Waals surface area (Å²) in [6.07, 6.45) is 4.08. The van der Waals surface area contributed by atoms with Crippen molar-refractivity contribution < 1.29 is 4.79 Å². The summed E-state index contributed by atoms with van der Waals surface area (Å²) in [5.41, 5.74) is 10.8. The minimum atomic E-state index is -0.0554. The summed E-state index contributed by atoms with van der Waals surface area (Å²) >= 11 is 0. The van der Waals surface area contributed by atoms with Gasteiger partial charge >= 0.3 is 0 Å². The van der Waals surface area contributed by atoms with E-state index in [1.807, 2.05) is 12.1 Å². The van der Waals surface area contributed by atoms with Gasteiger partial charge in [0.1, 0.15) is 0 Å². The highest BCUT2D eigenvalue weighted by molar-refractivity contribution is 6.11. The number of carbonyl (C=O) groups excluding carboxylic acids is 1. The number of rotatable bonds is 3. The number of nitrogens with zero attached hydrogens (tertiary/aromatic N) is 1. The van der Waals surface area contributed by atoms with Gasteiger partial charge in [0.2, 0.25) is 0 Å². The van der Waals surface area contributed by atoms with Crippen molar-refractivity contribution >= 4 is 22.4 Å². The van der Waals surface area contributed by atoms with Crippen LogP contribution < -0.4 is 5.73 Å². The molecule has 1 aliphatic rings. The van der Waals surface area contributed by atoms with Gasteiger partial charge in [-0.05, 0) is 23.8 Å². The Morgan fingerprint density at radius 2 is 2.13 bits per heavy atom. The Morgan fingerprint density at radius 1 is 1.39 bits per heavy atom. The summed E-state index contributed by atoms with van der Waals surface area (Å²) in [5.74, 6) is 0.0632. The highest BCUT2D eigenvalue weighted by Gasteiger charge is 2.34. The fourth-order valence-corrected chi connectivity index (χ4v) is 3.48. The van der Waals surface area contributed by atoms with Gasteiger partial charge < -0.3 is 5.73 Å². The van der Waals surface area contributed by atoms with E-state index in [4.69, 9.17) is 10.7 Å². The molecule has 0 radical (unpaired) electrons. The van der Waals surface area contributed by atoms with Gasteiger partial charge in [0.25, 0.3) is 0 Å². The van der Waals surface area contributed by atoms with Gasteiger partial charge in [0, 0.05) is 17.7 Å². The molecule has 0 aliphatic heterocycles. The second kappa shape index (κ2) is 5.48. The smallest absolute Gasteiger partial charge is 0.170 e. The van der Waals surface area contributed by atoms with Gasteiger partial charge in [-0.2, -0.15) is 0 Å². The van der Waals surface area contributed by atoms with Crippen molar-refractivity contribution in [3.8, 4) is 0 Å². The van der Waals surface area contributed by atoms with E-state index < -0.39 is 0 Å². The fourth-order valence-electron chi connectivity index (χ4n) is 3.48. The van der Waals surface area contributed by atoms with Crippen LogP contribution in [-0.2, 0) is 12.8 Å². The molecule has 0 fully saturated rings. The lowest BCUT2D eigenvalue weighted by molar-refractivity contribution is 0.0938. The molecule has 1 aliphatic carbocycles. The Hall–Kier alpha value is -2.16. The first-order valence-electron chi connectivity index (χ1n) is 8.17. The van der Waals surface area contributed by atoms with E-state index in [0.717, 1.165) is 23.0 Å². The molecule has 1 atom stereocenters. The van der Waals surface area contributed by atoms with E-state index >= 15 is 0 Å². The minimum absolute atomic E-state index is 0.0554. The van der Waals surface area contributed by atoms with Crippen LogP contribution in [0.15, 0.2) is 30.9 Å². The molecule has 3 rings (SSSR count). The Labute approximate surface area is 137 Å². The maximum atomic E-state index is 12.6. The van der Waals surface area contributed by atoms with Crippen molar-refractivity contribution in [1.29, 1.82) is 0 Å². The number of Topliss-reactive ketones (excluding diaryl/α,β-unsaturated/α-hetero) is 1. The number of benzene rings is 1. The van der Waals surface area contributed by atoms with Crippen LogP contribution in [0.2, 0.25) is 0 Å². The standard InChI is InChI=1S/C20H24N2O/c1-5-7-12-10-15-16(19(12)23)17(21)14-9-6-8-13(18(14)22-15)11-20(2,3)4/h5-6,8-9,12H,1,7,10-11H2,2-4H3,(H2,21,22). The predicted molar refractivity (Wildman–Crippen MR) is 95.7 cm³/mol. The molecule has 3 nitrogen and oxygen atoms in total. The molecule has 1 aromatic carbocycles. The summed E-state index contributed by atoms with van der Waals surface area (Å²) in [7, 11) is 0. The molecule has 1 aromatic heterocycles. The van der Waals surface area contributed by atoms with E-state index in [0.29, 0.717) is 24.1 Å². The lowest BCUT2D eigenvalue weighted by Crippen LogP contribution is -2.11. The average Bonchev–Trinajstić information content (AvgIpc) is 2.76. The molecule has 1 heterocycles. The monoisotopic (exact) mass is 308 g/mol. The van der Waals surface area contributed by atoms with Crippen LogP contribution >= 0.6 is 0 Å². The first-order chi connectivity index (χ1) is 10.8. The van der Waals surface area contributed by atoms with Crippen molar-refractivity contribution in [1.82, 2.24) is 4.98 Å². The van der Waals surface area contributed by atoms with Crippen LogP contribution in [0, 0.1) is 11.3 Å². The summed E-state index contributed by atoms with van der Waals surface area (Å²) in [6, 6.07) is 6.09. The third-order valence-corrected chi connectivity index (χ3v) is 4.44. The number of hydrogen-bond donors (Lipinski definition) is 1. The van der Waals surface area contributed by atoms with Crippen LogP contribution in [0.5, 0.6) is 0 Å². The Bertz CT molecular complexity index is 799. The molecule has 0 bridgehead atoms. The SMILES string of the molecule is C=CCC1Cc2nc3c(CC(C)(C)C)cccc3c(N)c2C1=O. The zero-order valence-electron chi connectivity index (χ0n) is 14.1. The number of pyridine rings is 1. The maximum Gasteiger partial charge on any atom is 0.170 e. The number of ketones is 1. The largest absolute Gasteiger partial charge is 0.398 e. The molecule has 0 spiro atoms. The zero-order chi connectivity index (χ0) is 16.8. The predicted octanol–water partition coefficient (Wildman–Crippen LogP) is 4.34. The maximum absolute atomic E-state index is 12.6. The quantitative estimate of drug-likeness (QED) is 0.858. The Kier molecular flexibility index (Phi) is 3.75. The van der Waals surface area contributed by atoms with E-state index in [1.54, 1.807) is 6.08 Å². The average molecular weight is 308 g/mol. The topological polar surface area (TPSA) is 56.0 Å². The molecule has 2 N–H and O–H groups in total. The summed E-state index contributed by atoms with van der Waals surface area (Å²) in [6.45, 7) is 10.4. The van der Waals surface area contributed by atoms with Gasteiger partial charge in [0.15, 0.2) is 5.78 Å². The third-order valence-electron chi connectivity index (χ3n) is 4.44. The number of carbonyl (C=O) groups is 1. The van der Waals surface area contributed by atoms with Crippen molar-refractivity contribution in [3.63, 3.8) is 0 Å². The van der Waals surface area contributed by atoms with Gasteiger partial charge in [-0.3, -0.25) is 9.78 Å². The normalized spacial score (nSPS) is 17.5. The van der Waals surface area contributed by atoms with E-state index in [2.05, 4.69) is 33.4 Å². The second-order valence-electron chi connectivity index (χ2n) is 7.69. The number of allylic oxidation sites excluding steroid dienone is 1. The number of hydrogen-bond acceptors (Lipinski definition) is 3. The van der Waals surface area contributed by atoms with Crippen LogP contribution in [0.3, 0.4) is 0 Å². The Morgan fingerprint density at radius 3 is 2.78 bits per heavy atom. The number of aromatic nitrogens is 1. The van der Waals surface area contributed by atoms with Gasteiger partial charge in [-0.15, -0.1) is 6.58 Å². The molecular formula is C20H24N2O. The fraction of sp³-hybridized carbons (Fsp3) is 0.400. The van der Waals surface area contributed by atoms with Crippen molar-refractivity contribution in [2.75, 3.05) is 5.73 Å². The molecule has 120 valence electrons. The van der Waals surface area contributed by atoms with Crippen molar-refractivity contribution in [2.24, 2.45) is 11.3 Å². The van der Waals surface area contributed by atoms with Crippen LogP contribution in [-0.4, -0.2) is 10.8 Å². The highest BCUT2D eigenvalue weighted by atomic mass is 16.1. The van der Waals surface area contributed by atoms with Gasteiger partial charge in [-0.25, -0.2) is 0 Å². The van der Waals surface area contributed by atoms with Gasteiger partial charge in [-0.1, -0.05) is 45.0 Å². The van der Waals surface area contributed by atoms with E-state index in [9.17, 15) is 4.79 Å². The summed E-state index contributed by atoms with van der Waals surface area (Å²) in [5, 5.41) is 0.901. The zero-order valence-corrected chi connectivity index (χ0v) is 14.1. The molecule has 0 amide bonds. The molecule has 23 heavy (non-hydrogen) atoms. The molecule has 3 heteroatoms. The lowest BCUT2D eigenvalue weighted by atomic mass is 9.87. The number of para-hydroxylation sites is 1. The first-order valence-corrected chi connectivity index (χ1v) is 8.17. The molecule has 1 unspecified atom stereocenters. The van der Waals surface area contributed by atoms with Crippen molar-refractivity contribution in [2.45, 2.75) is 40.0 Å². The summed E-state index contributed by atoms with van der Waals surface area (Å²) < 4.78 is 0. The highest BCUT2D eigenvalue weighted by Crippen LogP contribution is 2.37. The second-order valence-corrected chi connectivity index (χ2v) is 7.69. The number of anilines is 1. The van der Waals surface area contributed by atoms with Crippen LogP contribution in [0.25, 0.3) is 10.9 Å². The molecule has 2 aromatic rings. The van der Waals surface area contributed by atoms with Gasteiger partial charge in [0.05, 0.1) is 22.5 Å². The number of nitrogens with two attached hydrogens (primary N) is 1. The van der Waals surface area contributed by atoms with Crippen LogP contribution in [0.1, 0.15) is 48.8 Å². The molecule has 0 saturated carbocycles. The molecular weight excluding hydrogens is 284 g/mol. The third kappa shape index (κ3) is 2.76. The number of fused-ring (bicyclic) bond motifs is 2. The van der Waals surface area contributed by atoms with Crippen molar-refractivity contribution in [3.05, 3.63) is 47.7 Å². The molecule has 0 saturated heterocycles. The number of nitrogen functional groups attached to an aromatic ring is 1. The lowest BCUT2D eigenvalue weighted by Gasteiger charge is -2.19.